The Morgan fingerprint density at radius 3 is 2.33 bits per heavy atom. The summed E-state index contributed by atoms with van der Waals surface area (Å²) < 4.78 is 0. The summed E-state index contributed by atoms with van der Waals surface area (Å²) in [4.78, 5) is 35.7. The Kier molecular flexibility index (Phi) is 8.35. The minimum Gasteiger partial charge on any atom is -0.352 e. The molecule has 8 heteroatoms. The number of nitro benzene ring substituents is 1. The summed E-state index contributed by atoms with van der Waals surface area (Å²) in [6.45, 7) is 5.57. The molecule has 2 N–H and O–H groups in total. The molecule has 7 nitrogen and oxygen atoms in total. The number of amides is 2. The number of halogens is 1. The lowest BCUT2D eigenvalue weighted by atomic mass is 10.0. The standard InChI is InChI=1S/C22H26ClN3O4/c1-14(2)20(22(28)24-15(3)9-10-16-7-5-4-6-8-16)25-21(27)17-11-12-18(23)19(13-17)26(29)30/h4-8,11-15,20H,9-10H2,1-3H3,(H,24,28)(H,25,27). The van der Waals surface area contributed by atoms with Gasteiger partial charge < -0.3 is 10.6 Å². The van der Waals surface area contributed by atoms with Gasteiger partial charge >= 0.3 is 0 Å². The molecule has 0 saturated carbocycles. The molecular weight excluding hydrogens is 406 g/mol. The lowest BCUT2D eigenvalue weighted by molar-refractivity contribution is -0.384. The zero-order chi connectivity index (χ0) is 22.3. The van der Waals surface area contributed by atoms with Crippen molar-refractivity contribution in [2.45, 2.75) is 45.7 Å². The van der Waals surface area contributed by atoms with E-state index in [1.165, 1.54) is 17.7 Å². The van der Waals surface area contributed by atoms with Gasteiger partial charge in [-0.05, 0) is 43.4 Å². The van der Waals surface area contributed by atoms with E-state index in [-0.39, 0.29) is 34.1 Å². The third-order valence-electron chi connectivity index (χ3n) is 4.74. The average molecular weight is 432 g/mol. The van der Waals surface area contributed by atoms with Crippen molar-refractivity contribution in [2.75, 3.05) is 0 Å². The number of rotatable bonds is 9. The molecule has 0 heterocycles. The summed E-state index contributed by atoms with van der Waals surface area (Å²) in [7, 11) is 0. The lowest BCUT2D eigenvalue weighted by Gasteiger charge is -2.24. The molecule has 160 valence electrons. The summed E-state index contributed by atoms with van der Waals surface area (Å²) in [6, 6.07) is 12.9. The molecular formula is C22H26ClN3O4. The van der Waals surface area contributed by atoms with Gasteiger partial charge in [0.05, 0.1) is 4.92 Å². The summed E-state index contributed by atoms with van der Waals surface area (Å²) >= 11 is 5.80. The van der Waals surface area contributed by atoms with Crippen LogP contribution in [-0.2, 0) is 11.2 Å². The molecule has 0 fully saturated rings. The topological polar surface area (TPSA) is 101 Å². The second-order valence-electron chi connectivity index (χ2n) is 7.55. The molecule has 0 aromatic heterocycles. The van der Waals surface area contributed by atoms with Gasteiger partial charge in [0.2, 0.25) is 5.91 Å². The molecule has 0 aliphatic carbocycles. The normalized spacial score (nSPS) is 12.8. The molecule has 2 aromatic carbocycles. The third kappa shape index (κ3) is 6.56. The molecule has 2 aromatic rings. The van der Waals surface area contributed by atoms with Gasteiger partial charge in [-0.3, -0.25) is 19.7 Å². The lowest BCUT2D eigenvalue weighted by Crippen LogP contribution is -2.51. The first kappa shape index (κ1) is 23.3. The minimum absolute atomic E-state index is 0.0538. The Morgan fingerprint density at radius 2 is 1.73 bits per heavy atom. The van der Waals surface area contributed by atoms with Gasteiger partial charge in [-0.25, -0.2) is 0 Å². The first-order valence-corrected chi connectivity index (χ1v) is 10.2. The predicted molar refractivity (Wildman–Crippen MR) is 117 cm³/mol. The van der Waals surface area contributed by atoms with E-state index in [0.29, 0.717) is 0 Å². The van der Waals surface area contributed by atoms with E-state index in [1.54, 1.807) is 0 Å². The van der Waals surface area contributed by atoms with E-state index < -0.39 is 16.9 Å². The fraction of sp³-hybridized carbons (Fsp3) is 0.364. The highest BCUT2D eigenvalue weighted by Crippen LogP contribution is 2.25. The van der Waals surface area contributed by atoms with Crippen molar-refractivity contribution in [3.05, 3.63) is 74.8 Å². The monoisotopic (exact) mass is 431 g/mol. The van der Waals surface area contributed by atoms with Crippen LogP contribution in [0.5, 0.6) is 0 Å². The maximum Gasteiger partial charge on any atom is 0.288 e. The fourth-order valence-corrected chi connectivity index (χ4v) is 3.17. The molecule has 0 spiro atoms. The number of aryl methyl sites for hydroxylation is 1. The van der Waals surface area contributed by atoms with Crippen molar-refractivity contribution in [1.29, 1.82) is 0 Å². The Labute approximate surface area is 181 Å². The van der Waals surface area contributed by atoms with Crippen molar-refractivity contribution < 1.29 is 14.5 Å². The predicted octanol–water partition coefficient (Wildman–Crippen LogP) is 4.14. The van der Waals surface area contributed by atoms with Crippen molar-refractivity contribution in [3.63, 3.8) is 0 Å². The first-order valence-electron chi connectivity index (χ1n) is 9.78. The van der Waals surface area contributed by atoms with Gasteiger partial charge in [0, 0.05) is 17.7 Å². The van der Waals surface area contributed by atoms with Crippen LogP contribution in [0.15, 0.2) is 48.5 Å². The van der Waals surface area contributed by atoms with Crippen molar-refractivity contribution in [3.8, 4) is 0 Å². The maximum absolute atomic E-state index is 12.7. The van der Waals surface area contributed by atoms with Gasteiger partial charge in [-0.15, -0.1) is 0 Å². The van der Waals surface area contributed by atoms with Gasteiger partial charge in [0.25, 0.3) is 11.6 Å². The third-order valence-corrected chi connectivity index (χ3v) is 5.06. The molecule has 0 aliphatic heterocycles. The zero-order valence-corrected chi connectivity index (χ0v) is 18.0. The van der Waals surface area contributed by atoms with E-state index in [4.69, 9.17) is 11.6 Å². The summed E-state index contributed by atoms with van der Waals surface area (Å²) in [5.74, 6) is -1.03. The summed E-state index contributed by atoms with van der Waals surface area (Å²) in [5, 5.41) is 16.6. The second-order valence-corrected chi connectivity index (χ2v) is 7.96. The zero-order valence-electron chi connectivity index (χ0n) is 17.2. The van der Waals surface area contributed by atoms with E-state index in [9.17, 15) is 19.7 Å². The van der Waals surface area contributed by atoms with Crippen LogP contribution in [-0.4, -0.2) is 28.8 Å². The molecule has 2 rings (SSSR count). The van der Waals surface area contributed by atoms with Crippen LogP contribution in [0.2, 0.25) is 5.02 Å². The van der Waals surface area contributed by atoms with Crippen LogP contribution in [0.25, 0.3) is 0 Å². The molecule has 0 bridgehead atoms. The van der Waals surface area contributed by atoms with E-state index >= 15 is 0 Å². The highest BCUT2D eigenvalue weighted by molar-refractivity contribution is 6.32. The number of carbonyl (C=O) groups excluding carboxylic acids is 2. The Bertz CT molecular complexity index is 903. The largest absolute Gasteiger partial charge is 0.352 e. The molecule has 2 amide bonds. The fourth-order valence-electron chi connectivity index (χ4n) is 2.99. The number of hydrogen-bond donors (Lipinski definition) is 2. The number of hydrogen-bond acceptors (Lipinski definition) is 4. The van der Waals surface area contributed by atoms with Gasteiger partial charge in [0.1, 0.15) is 11.1 Å². The summed E-state index contributed by atoms with van der Waals surface area (Å²) in [5.41, 5.74) is 0.905. The number of carbonyl (C=O) groups is 2. The molecule has 0 saturated heterocycles. The quantitative estimate of drug-likeness (QED) is 0.460. The van der Waals surface area contributed by atoms with Crippen molar-refractivity contribution >= 4 is 29.1 Å². The van der Waals surface area contributed by atoms with E-state index in [1.807, 2.05) is 51.1 Å². The smallest absolute Gasteiger partial charge is 0.288 e. The number of nitrogens with one attached hydrogen (secondary N) is 2. The number of nitro groups is 1. The summed E-state index contributed by atoms with van der Waals surface area (Å²) in [6.07, 6.45) is 1.59. The Balaban J connectivity index is 2.00. The first-order chi connectivity index (χ1) is 14.2. The number of benzene rings is 2. The van der Waals surface area contributed by atoms with Crippen LogP contribution < -0.4 is 10.6 Å². The Morgan fingerprint density at radius 1 is 1.07 bits per heavy atom. The average Bonchev–Trinajstić information content (AvgIpc) is 2.70. The van der Waals surface area contributed by atoms with E-state index in [0.717, 1.165) is 18.9 Å². The maximum atomic E-state index is 12.7. The van der Waals surface area contributed by atoms with Crippen LogP contribution in [0.3, 0.4) is 0 Å². The highest BCUT2D eigenvalue weighted by atomic mass is 35.5. The van der Waals surface area contributed by atoms with Gasteiger partial charge in [-0.1, -0.05) is 55.8 Å². The van der Waals surface area contributed by atoms with Gasteiger partial charge in [-0.2, -0.15) is 0 Å². The van der Waals surface area contributed by atoms with Crippen molar-refractivity contribution in [2.24, 2.45) is 5.92 Å². The minimum atomic E-state index is -0.772. The van der Waals surface area contributed by atoms with E-state index in [2.05, 4.69) is 10.6 Å². The Hall–Kier alpha value is -2.93. The SMILES string of the molecule is CC(CCc1ccccc1)NC(=O)C(NC(=O)c1ccc(Cl)c([N+](=O)[O-])c1)C(C)C. The van der Waals surface area contributed by atoms with Crippen LogP contribution in [0.1, 0.15) is 43.1 Å². The van der Waals surface area contributed by atoms with Crippen LogP contribution in [0.4, 0.5) is 5.69 Å². The van der Waals surface area contributed by atoms with Crippen LogP contribution in [0, 0.1) is 16.0 Å². The van der Waals surface area contributed by atoms with Gasteiger partial charge in [0.15, 0.2) is 0 Å². The van der Waals surface area contributed by atoms with Crippen molar-refractivity contribution in [1.82, 2.24) is 10.6 Å². The number of nitrogens with zero attached hydrogens (tertiary/aromatic N) is 1. The molecule has 0 radical (unpaired) electrons. The highest BCUT2D eigenvalue weighted by Gasteiger charge is 2.26. The molecule has 2 unspecified atom stereocenters. The van der Waals surface area contributed by atoms with Crippen LogP contribution >= 0.6 is 11.6 Å². The molecule has 2 atom stereocenters. The second kappa shape index (κ2) is 10.7. The molecule has 0 aliphatic rings. The molecule has 30 heavy (non-hydrogen) atoms.